The van der Waals surface area contributed by atoms with E-state index in [1.807, 2.05) is 48.5 Å². The van der Waals surface area contributed by atoms with Gasteiger partial charge in [-0.15, -0.1) is 0 Å². The fraction of sp³-hybridized carbons (Fsp3) is 0.188. The van der Waals surface area contributed by atoms with Gasteiger partial charge in [0.25, 0.3) is 0 Å². The molecular weight excluding hydrogens is 224 g/mol. The van der Waals surface area contributed by atoms with Crippen LogP contribution in [0.1, 0.15) is 27.4 Å². The first-order valence-corrected chi connectivity index (χ1v) is 6.05. The van der Waals surface area contributed by atoms with Crippen LogP contribution >= 0.6 is 0 Å². The number of methoxy groups -OCH3 is 1. The highest BCUT2D eigenvalue weighted by Gasteiger charge is 2.31. The molecule has 0 fully saturated rings. The standard InChI is InChI=1S/C16H14O2/c1-18-13-8-7-12-9-14(16(17)15(12)10-13)11-5-3-2-4-6-11/h2-8,10,14H,9H2,1H3/t14-/m1/s1. The maximum Gasteiger partial charge on any atom is 0.171 e. The lowest BCUT2D eigenvalue weighted by molar-refractivity contribution is 0.0972. The van der Waals surface area contributed by atoms with E-state index in [1.54, 1.807) is 7.11 Å². The van der Waals surface area contributed by atoms with Gasteiger partial charge in [0.15, 0.2) is 5.78 Å². The fourth-order valence-corrected chi connectivity index (χ4v) is 2.54. The average Bonchev–Trinajstić information content (AvgIpc) is 2.77. The van der Waals surface area contributed by atoms with E-state index in [1.165, 1.54) is 0 Å². The van der Waals surface area contributed by atoms with Crippen LogP contribution in [-0.2, 0) is 6.42 Å². The first-order valence-electron chi connectivity index (χ1n) is 6.05. The molecule has 0 saturated heterocycles. The zero-order chi connectivity index (χ0) is 12.5. The normalized spacial score (nSPS) is 17.6. The number of benzene rings is 2. The number of ketones is 1. The molecule has 0 heterocycles. The summed E-state index contributed by atoms with van der Waals surface area (Å²) in [4.78, 5) is 12.4. The zero-order valence-corrected chi connectivity index (χ0v) is 10.2. The van der Waals surface area contributed by atoms with Gasteiger partial charge in [0, 0.05) is 5.56 Å². The molecule has 1 aliphatic carbocycles. The molecule has 0 radical (unpaired) electrons. The van der Waals surface area contributed by atoms with Gasteiger partial charge in [0.1, 0.15) is 5.75 Å². The predicted octanol–water partition coefficient (Wildman–Crippen LogP) is 3.22. The Hall–Kier alpha value is -2.09. The molecule has 0 bridgehead atoms. The van der Waals surface area contributed by atoms with Crippen molar-refractivity contribution in [3.05, 3.63) is 65.2 Å². The Morgan fingerprint density at radius 2 is 1.89 bits per heavy atom. The van der Waals surface area contributed by atoms with Gasteiger partial charge in [0.05, 0.1) is 13.0 Å². The number of fused-ring (bicyclic) bond motifs is 1. The minimum atomic E-state index is -0.0340. The van der Waals surface area contributed by atoms with Gasteiger partial charge in [-0.2, -0.15) is 0 Å². The van der Waals surface area contributed by atoms with Gasteiger partial charge in [-0.1, -0.05) is 36.4 Å². The van der Waals surface area contributed by atoms with Gasteiger partial charge >= 0.3 is 0 Å². The van der Waals surface area contributed by atoms with Crippen LogP contribution in [0, 0.1) is 0 Å². The molecule has 3 rings (SSSR count). The monoisotopic (exact) mass is 238 g/mol. The van der Waals surface area contributed by atoms with E-state index < -0.39 is 0 Å². The summed E-state index contributed by atoms with van der Waals surface area (Å²) in [5.41, 5.74) is 3.02. The third kappa shape index (κ3) is 1.70. The van der Waals surface area contributed by atoms with Crippen molar-refractivity contribution in [1.82, 2.24) is 0 Å². The van der Waals surface area contributed by atoms with Crippen molar-refractivity contribution in [3.8, 4) is 5.75 Å². The van der Waals surface area contributed by atoms with Crippen molar-refractivity contribution < 1.29 is 9.53 Å². The summed E-state index contributed by atoms with van der Waals surface area (Å²) in [5, 5.41) is 0. The number of carbonyl (C=O) groups excluding carboxylic acids is 1. The molecule has 90 valence electrons. The summed E-state index contributed by atoms with van der Waals surface area (Å²) in [7, 11) is 1.62. The molecule has 0 aliphatic heterocycles. The molecule has 0 spiro atoms. The van der Waals surface area contributed by atoms with Crippen LogP contribution in [0.3, 0.4) is 0 Å². The molecule has 2 aromatic rings. The number of Topliss-reactive ketones (excluding diaryl/α,β-unsaturated/α-hetero) is 1. The smallest absolute Gasteiger partial charge is 0.171 e. The first kappa shape index (κ1) is 11.0. The van der Waals surface area contributed by atoms with Gasteiger partial charge in [-0.25, -0.2) is 0 Å². The quantitative estimate of drug-likeness (QED) is 0.803. The van der Waals surface area contributed by atoms with Crippen LogP contribution in [0.15, 0.2) is 48.5 Å². The minimum Gasteiger partial charge on any atom is -0.497 e. The second-order valence-corrected chi connectivity index (χ2v) is 4.55. The van der Waals surface area contributed by atoms with Crippen molar-refractivity contribution in [2.45, 2.75) is 12.3 Å². The molecule has 2 nitrogen and oxygen atoms in total. The molecular formula is C16H14O2. The lowest BCUT2D eigenvalue weighted by Gasteiger charge is -2.07. The highest BCUT2D eigenvalue weighted by Crippen LogP contribution is 2.35. The molecule has 0 unspecified atom stereocenters. The van der Waals surface area contributed by atoms with E-state index >= 15 is 0 Å². The molecule has 0 N–H and O–H groups in total. The highest BCUT2D eigenvalue weighted by atomic mass is 16.5. The Bertz CT molecular complexity index is 587. The Balaban J connectivity index is 1.99. The Morgan fingerprint density at radius 1 is 1.11 bits per heavy atom. The van der Waals surface area contributed by atoms with Crippen LogP contribution in [0.4, 0.5) is 0 Å². The second-order valence-electron chi connectivity index (χ2n) is 4.55. The summed E-state index contributed by atoms with van der Waals surface area (Å²) in [6, 6.07) is 15.7. The fourth-order valence-electron chi connectivity index (χ4n) is 2.54. The highest BCUT2D eigenvalue weighted by molar-refractivity contribution is 6.05. The van der Waals surface area contributed by atoms with Gasteiger partial charge < -0.3 is 4.74 Å². The van der Waals surface area contributed by atoms with Crippen LogP contribution < -0.4 is 4.74 Å². The molecule has 2 heteroatoms. The van der Waals surface area contributed by atoms with Gasteiger partial charge in [0.2, 0.25) is 0 Å². The van der Waals surface area contributed by atoms with Crippen LogP contribution in [0.2, 0.25) is 0 Å². The molecule has 1 atom stereocenters. The Kier molecular flexibility index (Phi) is 2.63. The molecule has 18 heavy (non-hydrogen) atoms. The van der Waals surface area contributed by atoms with E-state index in [0.717, 1.165) is 28.9 Å². The lowest BCUT2D eigenvalue weighted by Crippen LogP contribution is -2.06. The number of rotatable bonds is 2. The summed E-state index contributed by atoms with van der Waals surface area (Å²) in [6.45, 7) is 0. The van der Waals surface area contributed by atoms with E-state index in [0.29, 0.717) is 0 Å². The summed E-state index contributed by atoms with van der Waals surface area (Å²) >= 11 is 0. The predicted molar refractivity (Wildman–Crippen MR) is 70.2 cm³/mol. The number of ether oxygens (including phenoxy) is 1. The summed E-state index contributed by atoms with van der Waals surface area (Å²) in [6.07, 6.45) is 0.794. The van der Waals surface area contributed by atoms with E-state index in [9.17, 15) is 4.79 Å². The number of hydrogen-bond acceptors (Lipinski definition) is 2. The van der Waals surface area contributed by atoms with Crippen LogP contribution in [0.25, 0.3) is 0 Å². The number of carbonyl (C=O) groups is 1. The second kappa shape index (κ2) is 4.30. The lowest BCUT2D eigenvalue weighted by atomic mass is 9.95. The van der Waals surface area contributed by atoms with Crippen molar-refractivity contribution in [2.75, 3.05) is 7.11 Å². The zero-order valence-electron chi connectivity index (χ0n) is 10.2. The summed E-state index contributed by atoms with van der Waals surface area (Å²) < 4.78 is 5.18. The van der Waals surface area contributed by atoms with Crippen molar-refractivity contribution >= 4 is 5.78 Å². The largest absolute Gasteiger partial charge is 0.497 e. The first-order chi connectivity index (χ1) is 8.79. The summed E-state index contributed by atoms with van der Waals surface area (Å²) in [5.74, 6) is 0.916. The Labute approximate surface area is 106 Å². The third-order valence-electron chi connectivity index (χ3n) is 3.52. The topological polar surface area (TPSA) is 26.3 Å². The van der Waals surface area contributed by atoms with E-state index in [4.69, 9.17) is 4.74 Å². The molecule has 0 amide bonds. The SMILES string of the molecule is COc1ccc2c(c1)C(=O)[C@@H](c1ccccc1)C2. The van der Waals surface area contributed by atoms with Gasteiger partial charge in [-0.3, -0.25) is 4.79 Å². The van der Waals surface area contributed by atoms with Crippen molar-refractivity contribution in [3.63, 3.8) is 0 Å². The Morgan fingerprint density at radius 3 is 2.61 bits per heavy atom. The van der Waals surface area contributed by atoms with Crippen LogP contribution in [0.5, 0.6) is 5.75 Å². The van der Waals surface area contributed by atoms with E-state index in [-0.39, 0.29) is 11.7 Å². The molecule has 0 aromatic heterocycles. The third-order valence-corrected chi connectivity index (χ3v) is 3.52. The van der Waals surface area contributed by atoms with Gasteiger partial charge in [-0.05, 0) is 29.7 Å². The van der Waals surface area contributed by atoms with E-state index in [2.05, 4.69) is 0 Å². The average molecular weight is 238 g/mol. The minimum absolute atomic E-state index is 0.0340. The molecule has 0 saturated carbocycles. The number of hydrogen-bond donors (Lipinski definition) is 0. The molecule has 2 aromatic carbocycles. The van der Waals surface area contributed by atoms with Crippen molar-refractivity contribution in [1.29, 1.82) is 0 Å². The van der Waals surface area contributed by atoms with Crippen LogP contribution in [-0.4, -0.2) is 12.9 Å². The molecule has 1 aliphatic rings. The maximum absolute atomic E-state index is 12.4. The maximum atomic E-state index is 12.4. The van der Waals surface area contributed by atoms with Crippen molar-refractivity contribution in [2.24, 2.45) is 0 Å².